The minimum absolute atomic E-state index is 0.331. The van der Waals surface area contributed by atoms with Crippen molar-refractivity contribution in [1.82, 2.24) is 4.57 Å². The Morgan fingerprint density at radius 2 is 1.92 bits per heavy atom. The first-order chi connectivity index (χ1) is 12.2. The van der Waals surface area contributed by atoms with Crippen LogP contribution in [0.3, 0.4) is 0 Å². The van der Waals surface area contributed by atoms with E-state index in [1.165, 1.54) is 5.56 Å². The molecule has 0 fully saturated rings. The van der Waals surface area contributed by atoms with Crippen molar-refractivity contribution in [3.8, 4) is 5.75 Å². The summed E-state index contributed by atoms with van der Waals surface area (Å²) in [5.74, 6) is 0.383. The van der Waals surface area contributed by atoms with Gasteiger partial charge >= 0.3 is 5.97 Å². The zero-order valence-electron chi connectivity index (χ0n) is 14.7. The van der Waals surface area contributed by atoms with Crippen LogP contribution in [0, 0.1) is 0 Å². The standard InChI is InChI=1S/C20H22N2O3/c1-4-25-20(23)17-12-15-10-11-16(19(24-3)18(15)22(17)2)21-13-14-8-6-5-7-9-14/h5-12,21H,4,13H2,1-3H3. The number of carbonyl (C=O) groups is 1. The number of esters is 1. The molecule has 25 heavy (non-hydrogen) atoms. The summed E-state index contributed by atoms with van der Waals surface area (Å²) >= 11 is 0. The molecule has 3 rings (SSSR count). The lowest BCUT2D eigenvalue weighted by Crippen LogP contribution is -2.10. The van der Waals surface area contributed by atoms with Crippen molar-refractivity contribution >= 4 is 22.6 Å². The number of benzene rings is 2. The number of rotatable bonds is 6. The molecule has 3 aromatic rings. The van der Waals surface area contributed by atoms with Gasteiger partial charge in [0.05, 0.1) is 24.9 Å². The van der Waals surface area contributed by atoms with Gasteiger partial charge in [-0.25, -0.2) is 4.79 Å². The van der Waals surface area contributed by atoms with Crippen molar-refractivity contribution in [2.24, 2.45) is 7.05 Å². The summed E-state index contributed by atoms with van der Waals surface area (Å²) in [5, 5.41) is 4.35. The number of aromatic nitrogens is 1. The summed E-state index contributed by atoms with van der Waals surface area (Å²) in [7, 11) is 3.48. The fourth-order valence-electron chi connectivity index (χ4n) is 2.95. The highest BCUT2D eigenvalue weighted by molar-refractivity contribution is 5.99. The van der Waals surface area contributed by atoms with Gasteiger partial charge in [-0.05, 0) is 24.6 Å². The third kappa shape index (κ3) is 3.31. The molecule has 1 heterocycles. The van der Waals surface area contributed by atoms with E-state index in [-0.39, 0.29) is 5.97 Å². The molecule has 5 heteroatoms. The van der Waals surface area contributed by atoms with Gasteiger partial charge in [0.1, 0.15) is 5.69 Å². The molecule has 0 aliphatic rings. The van der Waals surface area contributed by atoms with E-state index in [1.807, 2.05) is 48.0 Å². The van der Waals surface area contributed by atoms with Crippen LogP contribution < -0.4 is 10.1 Å². The van der Waals surface area contributed by atoms with Crippen molar-refractivity contribution in [1.29, 1.82) is 0 Å². The van der Waals surface area contributed by atoms with Gasteiger partial charge in [-0.1, -0.05) is 36.4 Å². The minimum atomic E-state index is -0.331. The number of nitrogens with zero attached hydrogens (tertiary/aromatic N) is 1. The number of hydrogen-bond donors (Lipinski definition) is 1. The van der Waals surface area contributed by atoms with Gasteiger partial charge in [0, 0.05) is 19.0 Å². The van der Waals surface area contributed by atoms with Crippen LogP contribution in [0.5, 0.6) is 5.75 Å². The topological polar surface area (TPSA) is 52.5 Å². The van der Waals surface area contributed by atoms with Gasteiger partial charge in [-0.15, -0.1) is 0 Å². The van der Waals surface area contributed by atoms with E-state index in [0.29, 0.717) is 24.6 Å². The summed E-state index contributed by atoms with van der Waals surface area (Å²) in [4.78, 5) is 12.1. The summed E-state index contributed by atoms with van der Waals surface area (Å²) in [6, 6.07) is 15.9. The first kappa shape index (κ1) is 16.9. The molecule has 0 spiro atoms. The molecular formula is C20H22N2O3. The van der Waals surface area contributed by atoms with Crippen LogP contribution in [0.2, 0.25) is 0 Å². The number of hydrogen-bond acceptors (Lipinski definition) is 4. The van der Waals surface area contributed by atoms with Gasteiger partial charge in [0.25, 0.3) is 0 Å². The van der Waals surface area contributed by atoms with Gasteiger partial charge in [0.2, 0.25) is 0 Å². The van der Waals surface area contributed by atoms with Crippen LogP contribution in [-0.2, 0) is 18.3 Å². The molecule has 0 bridgehead atoms. The second kappa shape index (κ2) is 7.30. The zero-order chi connectivity index (χ0) is 17.8. The van der Waals surface area contributed by atoms with Crippen LogP contribution in [0.15, 0.2) is 48.5 Å². The fraction of sp³-hybridized carbons (Fsp3) is 0.250. The number of fused-ring (bicyclic) bond motifs is 1. The highest BCUT2D eigenvalue weighted by Crippen LogP contribution is 2.35. The molecule has 0 unspecified atom stereocenters. The van der Waals surface area contributed by atoms with E-state index in [4.69, 9.17) is 9.47 Å². The SMILES string of the molecule is CCOC(=O)c1cc2ccc(NCc3ccccc3)c(OC)c2n1C. The van der Waals surface area contributed by atoms with Crippen LogP contribution in [0.1, 0.15) is 23.0 Å². The monoisotopic (exact) mass is 338 g/mol. The van der Waals surface area contributed by atoms with E-state index in [2.05, 4.69) is 17.4 Å². The van der Waals surface area contributed by atoms with Crippen molar-refractivity contribution in [2.75, 3.05) is 19.0 Å². The predicted octanol–water partition coefficient (Wildman–Crippen LogP) is 3.98. The number of aryl methyl sites for hydroxylation is 1. The van der Waals surface area contributed by atoms with Crippen LogP contribution in [0.25, 0.3) is 10.9 Å². The molecule has 0 aliphatic carbocycles. The predicted molar refractivity (Wildman–Crippen MR) is 99.2 cm³/mol. The average molecular weight is 338 g/mol. The number of carbonyl (C=O) groups excluding carboxylic acids is 1. The van der Waals surface area contributed by atoms with E-state index < -0.39 is 0 Å². The molecule has 130 valence electrons. The Labute approximate surface area is 147 Å². The van der Waals surface area contributed by atoms with E-state index in [9.17, 15) is 4.79 Å². The highest BCUT2D eigenvalue weighted by Gasteiger charge is 2.19. The first-order valence-electron chi connectivity index (χ1n) is 8.27. The maximum atomic E-state index is 12.1. The maximum absolute atomic E-state index is 12.1. The average Bonchev–Trinajstić information content (AvgIpc) is 2.97. The Kier molecular flexibility index (Phi) is 4.93. The third-order valence-electron chi connectivity index (χ3n) is 4.17. The lowest BCUT2D eigenvalue weighted by molar-refractivity contribution is 0.0516. The second-order valence-corrected chi connectivity index (χ2v) is 5.73. The highest BCUT2D eigenvalue weighted by atomic mass is 16.5. The number of anilines is 1. The van der Waals surface area contributed by atoms with E-state index in [1.54, 1.807) is 14.0 Å². The quantitative estimate of drug-likeness (QED) is 0.691. The molecular weight excluding hydrogens is 316 g/mol. The molecule has 5 nitrogen and oxygen atoms in total. The minimum Gasteiger partial charge on any atom is -0.492 e. The Balaban J connectivity index is 1.97. The van der Waals surface area contributed by atoms with Gasteiger partial charge in [0.15, 0.2) is 5.75 Å². The smallest absolute Gasteiger partial charge is 0.354 e. The van der Waals surface area contributed by atoms with Crippen LogP contribution in [-0.4, -0.2) is 24.3 Å². The maximum Gasteiger partial charge on any atom is 0.354 e. The molecule has 1 aromatic heterocycles. The van der Waals surface area contributed by atoms with Crippen molar-refractivity contribution in [2.45, 2.75) is 13.5 Å². The number of ether oxygens (including phenoxy) is 2. The molecule has 1 N–H and O–H groups in total. The lowest BCUT2D eigenvalue weighted by Gasteiger charge is -2.14. The van der Waals surface area contributed by atoms with Gasteiger partial charge in [-0.2, -0.15) is 0 Å². The number of methoxy groups -OCH3 is 1. The summed E-state index contributed by atoms with van der Waals surface area (Å²) in [6.45, 7) is 2.84. The molecule has 0 atom stereocenters. The number of nitrogens with one attached hydrogen (secondary N) is 1. The normalized spacial score (nSPS) is 10.7. The third-order valence-corrected chi connectivity index (χ3v) is 4.17. The van der Waals surface area contributed by atoms with Crippen LogP contribution in [0.4, 0.5) is 5.69 Å². The van der Waals surface area contributed by atoms with Gasteiger partial charge in [-0.3, -0.25) is 0 Å². The van der Waals surface area contributed by atoms with E-state index >= 15 is 0 Å². The van der Waals surface area contributed by atoms with Crippen molar-refractivity contribution in [3.05, 3.63) is 59.8 Å². The molecule has 2 aromatic carbocycles. The summed E-state index contributed by atoms with van der Waals surface area (Å²) in [5.41, 5.74) is 3.44. The lowest BCUT2D eigenvalue weighted by atomic mass is 10.2. The van der Waals surface area contributed by atoms with Gasteiger partial charge < -0.3 is 19.4 Å². The fourth-order valence-corrected chi connectivity index (χ4v) is 2.95. The Hall–Kier alpha value is -2.95. The molecule has 0 saturated carbocycles. The Bertz CT molecular complexity index is 885. The molecule has 0 amide bonds. The molecule has 0 aliphatic heterocycles. The van der Waals surface area contributed by atoms with E-state index in [0.717, 1.165) is 16.6 Å². The molecule has 0 radical (unpaired) electrons. The summed E-state index contributed by atoms with van der Waals surface area (Å²) in [6.07, 6.45) is 0. The first-order valence-corrected chi connectivity index (χ1v) is 8.27. The van der Waals surface area contributed by atoms with Crippen molar-refractivity contribution < 1.29 is 14.3 Å². The Morgan fingerprint density at radius 1 is 1.16 bits per heavy atom. The zero-order valence-corrected chi connectivity index (χ0v) is 14.7. The summed E-state index contributed by atoms with van der Waals surface area (Å²) < 4.78 is 12.6. The van der Waals surface area contributed by atoms with Crippen LogP contribution >= 0.6 is 0 Å². The molecule has 0 saturated heterocycles. The second-order valence-electron chi connectivity index (χ2n) is 5.73. The largest absolute Gasteiger partial charge is 0.492 e. The Morgan fingerprint density at radius 3 is 2.60 bits per heavy atom. The van der Waals surface area contributed by atoms with Crippen molar-refractivity contribution in [3.63, 3.8) is 0 Å².